The molecule has 0 spiro atoms. The van der Waals surface area contributed by atoms with E-state index < -0.39 is 0 Å². The van der Waals surface area contributed by atoms with Crippen molar-refractivity contribution in [2.45, 2.75) is 6.54 Å². The van der Waals surface area contributed by atoms with Gasteiger partial charge in [-0.25, -0.2) is 4.98 Å². The second-order valence-corrected chi connectivity index (χ2v) is 6.72. The molecular formula is C21H28N4O3. The number of hydrogen-bond acceptors (Lipinski definition) is 6. The molecule has 1 saturated heterocycles. The molecule has 28 heavy (non-hydrogen) atoms. The van der Waals surface area contributed by atoms with Gasteiger partial charge < -0.3 is 19.7 Å². The van der Waals surface area contributed by atoms with Crippen molar-refractivity contribution in [1.82, 2.24) is 15.2 Å². The van der Waals surface area contributed by atoms with Crippen molar-refractivity contribution in [3.05, 3.63) is 54.2 Å². The summed E-state index contributed by atoms with van der Waals surface area (Å²) in [5.41, 5.74) is 1.02. The van der Waals surface area contributed by atoms with E-state index in [2.05, 4.69) is 20.1 Å². The molecule has 2 heterocycles. The number of nitrogens with one attached hydrogen (secondary N) is 1. The molecule has 0 atom stereocenters. The lowest BCUT2D eigenvalue weighted by atomic mass is 10.2. The summed E-state index contributed by atoms with van der Waals surface area (Å²) in [6.07, 6.45) is 1.81. The summed E-state index contributed by atoms with van der Waals surface area (Å²) in [5, 5.41) is 3.00. The largest absolute Gasteiger partial charge is 0.491 e. The molecule has 0 unspecified atom stereocenters. The number of aromatic nitrogens is 1. The molecule has 1 aliphatic rings. The number of hydrogen-bond donors (Lipinski definition) is 1. The van der Waals surface area contributed by atoms with Gasteiger partial charge in [-0.05, 0) is 29.8 Å². The SMILES string of the molecule is COCCOc1cccc(CNC(=O)CN2CCN(c3ccccn3)CC2)c1. The van der Waals surface area contributed by atoms with Gasteiger partial charge >= 0.3 is 0 Å². The minimum absolute atomic E-state index is 0.0389. The van der Waals surface area contributed by atoms with Crippen molar-refractivity contribution in [3.8, 4) is 5.75 Å². The number of amides is 1. The highest BCUT2D eigenvalue weighted by Crippen LogP contribution is 2.14. The summed E-state index contributed by atoms with van der Waals surface area (Å²) >= 11 is 0. The van der Waals surface area contributed by atoms with Crippen LogP contribution in [0.3, 0.4) is 0 Å². The average Bonchev–Trinajstić information content (AvgIpc) is 2.74. The van der Waals surface area contributed by atoms with Gasteiger partial charge in [0.1, 0.15) is 18.2 Å². The van der Waals surface area contributed by atoms with Crippen LogP contribution in [0.5, 0.6) is 5.75 Å². The summed E-state index contributed by atoms with van der Waals surface area (Å²) in [6.45, 7) is 5.44. The van der Waals surface area contributed by atoms with E-state index in [0.717, 1.165) is 43.3 Å². The molecule has 0 saturated carbocycles. The van der Waals surface area contributed by atoms with Gasteiger partial charge in [-0.1, -0.05) is 18.2 Å². The van der Waals surface area contributed by atoms with E-state index in [4.69, 9.17) is 9.47 Å². The van der Waals surface area contributed by atoms with Crippen molar-refractivity contribution in [2.24, 2.45) is 0 Å². The Labute approximate surface area is 166 Å². The van der Waals surface area contributed by atoms with E-state index in [1.54, 1.807) is 7.11 Å². The third kappa shape index (κ3) is 6.21. The van der Waals surface area contributed by atoms with Gasteiger partial charge in [-0.3, -0.25) is 9.69 Å². The Morgan fingerprint density at radius 2 is 1.96 bits per heavy atom. The van der Waals surface area contributed by atoms with E-state index in [9.17, 15) is 4.79 Å². The lowest BCUT2D eigenvalue weighted by molar-refractivity contribution is -0.122. The summed E-state index contributed by atoms with van der Waals surface area (Å²) in [4.78, 5) is 21.1. The molecule has 0 aliphatic carbocycles. The molecule has 7 heteroatoms. The smallest absolute Gasteiger partial charge is 0.234 e. The molecule has 1 aromatic heterocycles. The second-order valence-electron chi connectivity index (χ2n) is 6.72. The fraction of sp³-hybridized carbons (Fsp3) is 0.429. The van der Waals surface area contributed by atoms with Gasteiger partial charge in [0, 0.05) is 46.0 Å². The van der Waals surface area contributed by atoms with Crippen LogP contribution in [0.25, 0.3) is 0 Å². The van der Waals surface area contributed by atoms with Gasteiger partial charge in [0.15, 0.2) is 0 Å². The number of pyridine rings is 1. The molecule has 1 aromatic carbocycles. The van der Waals surface area contributed by atoms with Crippen LogP contribution in [0, 0.1) is 0 Å². The third-order valence-corrected chi connectivity index (χ3v) is 4.66. The van der Waals surface area contributed by atoms with Crippen LogP contribution in [0.15, 0.2) is 48.7 Å². The summed E-state index contributed by atoms with van der Waals surface area (Å²) < 4.78 is 10.6. The molecule has 0 radical (unpaired) electrons. The third-order valence-electron chi connectivity index (χ3n) is 4.66. The molecule has 1 amide bonds. The van der Waals surface area contributed by atoms with E-state index in [-0.39, 0.29) is 5.91 Å². The zero-order valence-corrected chi connectivity index (χ0v) is 16.3. The number of rotatable bonds is 9. The second kappa shape index (κ2) is 10.6. The van der Waals surface area contributed by atoms with Gasteiger partial charge in [-0.15, -0.1) is 0 Å². The lowest BCUT2D eigenvalue weighted by Gasteiger charge is -2.34. The van der Waals surface area contributed by atoms with Crippen molar-refractivity contribution in [1.29, 1.82) is 0 Å². The highest BCUT2D eigenvalue weighted by molar-refractivity contribution is 5.78. The van der Waals surface area contributed by atoms with Gasteiger partial charge in [-0.2, -0.15) is 0 Å². The number of anilines is 1. The van der Waals surface area contributed by atoms with Crippen LogP contribution >= 0.6 is 0 Å². The normalized spacial score (nSPS) is 14.7. The molecule has 150 valence electrons. The van der Waals surface area contributed by atoms with Crippen molar-refractivity contribution in [2.75, 3.05) is 57.9 Å². The Bertz CT molecular complexity index is 733. The van der Waals surface area contributed by atoms with Crippen LogP contribution in [0.4, 0.5) is 5.82 Å². The maximum Gasteiger partial charge on any atom is 0.234 e. The van der Waals surface area contributed by atoms with E-state index in [1.165, 1.54) is 0 Å². The Balaban J connectivity index is 1.39. The van der Waals surface area contributed by atoms with Crippen LogP contribution in [0.1, 0.15) is 5.56 Å². The van der Waals surface area contributed by atoms with Crippen molar-refractivity contribution >= 4 is 11.7 Å². The average molecular weight is 384 g/mol. The molecule has 1 fully saturated rings. The van der Waals surface area contributed by atoms with E-state index in [1.807, 2.05) is 48.7 Å². The zero-order valence-electron chi connectivity index (χ0n) is 16.3. The molecule has 0 bridgehead atoms. The molecule has 3 rings (SSSR count). The Morgan fingerprint density at radius 1 is 1.11 bits per heavy atom. The van der Waals surface area contributed by atoms with Gasteiger partial charge in [0.2, 0.25) is 5.91 Å². The van der Waals surface area contributed by atoms with Crippen molar-refractivity contribution in [3.63, 3.8) is 0 Å². The van der Waals surface area contributed by atoms with Crippen LogP contribution in [-0.4, -0.2) is 68.8 Å². The highest BCUT2D eigenvalue weighted by Gasteiger charge is 2.19. The molecule has 1 N–H and O–H groups in total. The first kappa shape index (κ1) is 20.1. The predicted octanol–water partition coefficient (Wildman–Crippen LogP) is 1.55. The maximum absolute atomic E-state index is 12.3. The summed E-state index contributed by atoms with van der Waals surface area (Å²) in [6, 6.07) is 13.7. The van der Waals surface area contributed by atoms with Gasteiger partial charge in [0.05, 0.1) is 13.2 Å². The highest BCUT2D eigenvalue weighted by atomic mass is 16.5. The number of carbonyl (C=O) groups excluding carboxylic acids is 1. The first-order valence-corrected chi connectivity index (χ1v) is 9.60. The first-order chi connectivity index (χ1) is 13.7. The number of ether oxygens (including phenoxy) is 2. The minimum atomic E-state index is 0.0389. The quantitative estimate of drug-likeness (QED) is 0.662. The zero-order chi connectivity index (χ0) is 19.6. The standard InChI is InChI=1S/C21H28N4O3/c1-27-13-14-28-19-6-4-5-18(15-19)16-23-21(26)17-24-9-11-25(12-10-24)20-7-2-3-8-22-20/h2-8,15H,9-14,16-17H2,1H3,(H,23,26). The summed E-state index contributed by atoms with van der Waals surface area (Å²) in [5.74, 6) is 1.82. The molecule has 1 aliphatic heterocycles. The lowest BCUT2D eigenvalue weighted by Crippen LogP contribution is -2.49. The maximum atomic E-state index is 12.3. The summed E-state index contributed by atoms with van der Waals surface area (Å²) in [7, 11) is 1.65. The number of piperazine rings is 1. The predicted molar refractivity (Wildman–Crippen MR) is 109 cm³/mol. The van der Waals surface area contributed by atoms with E-state index >= 15 is 0 Å². The Hall–Kier alpha value is -2.64. The minimum Gasteiger partial charge on any atom is -0.491 e. The van der Waals surface area contributed by atoms with Crippen molar-refractivity contribution < 1.29 is 14.3 Å². The monoisotopic (exact) mass is 384 g/mol. The number of nitrogens with zero attached hydrogens (tertiary/aromatic N) is 3. The van der Waals surface area contributed by atoms with Crippen LogP contribution in [0.2, 0.25) is 0 Å². The molecular weight excluding hydrogens is 356 g/mol. The molecule has 2 aromatic rings. The number of methoxy groups -OCH3 is 1. The Morgan fingerprint density at radius 3 is 2.71 bits per heavy atom. The van der Waals surface area contributed by atoms with Crippen LogP contribution < -0.4 is 15.0 Å². The number of benzene rings is 1. The van der Waals surface area contributed by atoms with Crippen LogP contribution in [-0.2, 0) is 16.1 Å². The van der Waals surface area contributed by atoms with E-state index in [0.29, 0.717) is 26.3 Å². The number of carbonyl (C=O) groups is 1. The molecule has 7 nitrogen and oxygen atoms in total. The topological polar surface area (TPSA) is 66.9 Å². The van der Waals surface area contributed by atoms with Gasteiger partial charge in [0.25, 0.3) is 0 Å². The fourth-order valence-corrected chi connectivity index (χ4v) is 3.12. The fourth-order valence-electron chi connectivity index (χ4n) is 3.12. The Kier molecular flexibility index (Phi) is 7.63. The first-order valence-electron chi connectivity index (χ1n) is 9.60.